The van der Waals surface area contributed by atoms with Crippen LogP contribution in [0.4, 0.5) is 0 Å². The summed E-state index contributed by atoms with van der Waals surface area (Å²) in [6, 6.07) is -5.30. The summed E-state index contributed by atoms with van der Waals surface area (Å²) in [6.45, 7) is 13.5. The predicted octanol–water partition coefficient (Wildman–Crippen LogP) is 0.544. The monoisotopic (exact) mass is 769 g/mol. The lowest BCUT2D eigenvalue weighted by atomic mass is 9.96. The van der Waals surface area contributed by atoms with E-state index in [1.54, 1.807) is 20.8 Å². The van der Waals surface area contributed by atoms with E-state index >= 15 is 0 Å². The number of likely N-dealkylation sites (N-methyl/N-ethyl adjacent to an activating group) is 1. The predicted molar refractivity (Wildman–Crippen MR) is 187 cm³/mol. The number of β-amino-alcohol motifs (C(OH)–C–C–N with tert-alkyl or cyclic N) is 1. The third-order valence-electron chi connectivity index (χ3n) is 10.4. The summed E-state index contributed by atoms with van der Waals surface area (Å²) in [7, 11) is 1.51. The van der Waals surface area contributed by atoms with Gasteiger partial charge in [0.15, 0.2) is 6.10 Å². The van der Waals surface area contributed by atoms with Gasteiger partial charge in [-0.25, -0.2) is 15.6 Å². The average molecular weight is 771 g/mol. The van der Waals surface area contributed by atoms with Crippen molar-refractivity contribution in [3.63, 3.8) is 0 Å². The number of ether oxygens (including phenoxy) is 1. The number of aliphatic hydroxyl groups excluding tert-OH is 1. The number of amides is 5. The Balaban J connectivity index is 1.85. The number of alkyl halides is 1. The van der Waals surface area contributed by atoms with Crippen LogP contribution in [0.5, 0.6) is 0 Å². The highest BCUT2D eigenvalue weighted by Crippen LogP contribution is 2.29. The summed E-state index contributed by atoms with van der Waals surface area (Å²) >= 11 is 3.57. The number of hydrogen-bond acceptors (Lipinski definition) is 10. The van der Waals surface area contributed by atoms with Crippen molar-refractivity contribution in [1.29, 1.82) is 0 Å². The van der Waals surface area contributed by atoms with Gasteiger partial charge in [0.25, 0.3) is 11.8 Å². The van der Waals surface area contributed by atoms with Crippen LogP contribution >= 0.6 is 15.9 Å². The second kappa shape index (κ2) is 16.7. The van der Waals surface area contributed by atoms with Crippen LogP contribution in [0.15, 0.2) is 0 Å². The van der Waals surface area contributed by atoms with E-state index in [1.807, 2.05) is 27.7 Å². The minimum Gasteiger partial charge on any atom is -0.450 e. The molecule has 4 aliphatic rings. The van der Waals surface area contributed by atoms with Gasteiger partial charge < -0.3 is 25.0 Å². The molecule has 0 bridgehead atoms. The Kier molecular flexibility index (Phi) is 13.3. The summed E-state index contributed by atoms with van der Waals surface area (Å²) < 4.78 is 5.95. The van der Waals surface area contributed by atoms with Crippen molar-refractivity contribution < 1.29 is 38.6 Å². The number of nitrogens with zero attached hydrogens (tertiary/aromatic N) is 4. The van der Waals surface area contributed by atoms with Gasteiger partial charge in [0.05, 0.1) is 6.10 Å². The molecule has 16 heteroatoms. The van der Waals surface area contributed by atoms with Gasteiger partial charge in [-0.05, 0) is 43.4 Å². The summed E-state index contributed by atoms with van der Waals surface area (Å²) in [5.74, 6) is -4.39. The number of nitrogens with one attached hydrogen (secondary N) is 3. The number of halogens is 1. The van der Waals surface area contributed by atoms with Crippen molar-refractivity contribution in [3.8, 4) is 0 Å². The fraction of sp³-hybridized carbons (Fsp3) is 0.824. The number of fused-ring (bicyclic) bond motifs is 3. The number of hydrogen-bond donors (Lipinski definition) is 4. The van der Waals surface area contributed by atoms with Gasteiger partial charge in [0, 0.05) is 43.8 Å². The maximum absolute atomic E-state index is 14.5. The van der Waals surface area contributed by atoms with Crippen molar-refractivity contribution in [2.45, 2.75) is 128 Å². The van der Waals surface area contributed by atoms with Gasteiger partial charge in [0.1, 0.15) is 30.2 Å². The molecule has 282 valence electrons. The maximum Gasteiger partial charge on any atom is 0.329 e. The fourth-order valence-corrected chi connectivity index (χ4v) is 7.74. The van der Waals surface area contributed by atoms with Gasteiger partial charge in [-0.3, -0.25) is 34.0 Å². The average Bonchev–Trinajstić information content (AvgIpc) is 3.47. The standard InChI is InChI=1S/C34H56BrN7O8/c1-9-20(7)28-33(48)42-25(12-21(35)14-36-42)32(47)41-26(13-22(43)15-37-41)30(45)39(8)24(10-17(2)3)31(46)40-16-19(6)11-23(40)29(44)38-27(18(4)5)34(49)50-28/h17-28,36-37,43H,9-16H2,1-8H3,(H,38,44)/t19-,20?,21?,22+,23+,24-,25-,26+,27-,28+/m1/s1. The smallest absolute Gasteiger partial charge is 0.329 e. The summed E-state index contributed by atoms with van der Waals surface area (Å²) in [4.78, 5) is 88.1. The Morgan fingerprint density at radius 2 is 1.48 bits per heavy atom. The Labute approximate surface area is 303 Å². The minimum absolute atomic E-state index is 0.00835. The van der Waals surface area contributed by atoms with Crippen molar-refractivity contribution >= 4 is 51.4 Å². The van der Waals surface area contributed by atoms with Gasteiger partial charge in [0.2, 0.25) is 17.7 Å². The normalized spacial score (nSPS) is 34.6. The molecule has 4 aliphatic heterocycles. The van der Waals surface area contributed by atoms with E-state index in [2.05, 4.69) is 32.1 Å². The first-order valence-electron chi connectivity index (χ1n) is 18.0. The molecule has 2 unspecified atom stereocenters. The van der Waals surface area contributed by atoms with Crippen LogP contribution in [0.1, 0.15) is 80.6 Å². The highest BCUT2D eigenvalue weighted by molar-refractivity contribution is 9.09. The molecule has 50 heavy (non-hydrogen) atoms. The highest BCUT2D eigenvalue weighted by Gasteiger charge is 2.49. The largest absolute Gasteiger partial charge is 0.450 e. The van der Waals surface area contributed by atoms with E-state index in [4.69, 9.17) is 4.74 Å². The van der Waals surface area contributed by atoms with Crippen LogP contribution in [0.25, 0.3) is 0 Å². The molecule has 4 N–H and O–H groups in total. The van der Waals surface area contributed by atoms with E-state index in [0.29, 0.717) is 19.4 Å². The van der Waals surface area contributed by atoms with Crippen LogP contribution in [-0.2, 0) is 33.5 Å². The molecule has 4 rings (SSSR count). The Bertz CT molecular complexity index is 1300. The Morgan fingerprint density at radius 1 is 0.860 bits per heavy atom. The van der Waals surface area contributed by atoms with Crippen LogP contribution < -0.4 is 16.2 Å². The quantitative estimate of drug-likeness (QED) is 0.228. The third-order valence-corrected chi connectivity index (χ3v) is 11.1. The number of rotatable bonds is 5. The number of carbonyl (C=O) groups excluding carboxylic acids is 6. The van der Waals surface area contributed by atoms with E-state index in [-0.39, 0.29) is 49.0 Å². The lowest BCUT2D eigenvalue weighted by Crippen LogP contribution is -2.70. The molecule has 0 saturated carbocycles. The second-order valence-electron chi connectivity index (χ2n) is 15.3. The van der Waals surface area contributed by atoms with Gasteiger partial charge >= 0.3 is 5.97 Å². The van der Waals surface area contributed by atoms with Crippen molar-refractivity contribution in [2.75, 3.05) is 26.7 Å². The molecule has 0 aromatic heterocycles. The van der Waals surface area contributed by atoms with Crippen molar-refractivity contribution in [2.24, 2.45) is 23.7 Å². The molecular formula is C34H56BrN7O8. The number of esters is 1. The van der Waals surface area contributed by atoms with Gasteiger partial charge in [-0.2, -0.15) is 0 Å². The SMILES string of the molecule is CCC(C)[C@@H]1OC(=O)[C@@H](C(C)C)NC(=O)[C@@H]2C[C@@H](C)CN2C(=O)[C@@H](CC(C)C)N(C)C(=O)[C@@H]2C[C@H](O)CNN2C(=O)[C@H]2CC(Br)CNN2C1=O. The van der Waals surface area contributed by atoms with E-state index in [9.17, 15) is 33.9 Å². The summed E-state index contributed by atoms with van der Waals surface area (Å²) in [6.07, 6.45) is -1.04. The lowest BCUT2D eigenvalue weighted by molar-refractivity contribution is -0.175. The highest BCUT2D eigenvalue weighted by atomic mass is 79.9. The molecule has 10 atom stereocenters. The van der Waals surface area contributed by atoms with Crippen molar-refractivity contribution in [3.05, 3.63) is 0 Å². The van der Waals surface area contributed by atoms with Crippen LogP contribution in [-0.4, -0.2) is 134 Å². The molecule has 0 spiro atoms. The zero-order chi connectivity index (χ0) is 37.2. The first-order valence-corrected chi connectivity index (χ1v) is 18.9. The first kappa shape index (κ1) is 40.0. The maximum atomic E-state index is 14.5. The zero-order valence-electron chi connectivity index (χ0n) is 30.6. The molecule has 0 radical (unpaired) electrons. The summed E-state index contributed by atoms with van der Waals surface area (Å²) in [5.41, 5.74) is 5.94. The second-order valence-corrected chi connectivity index (χ2v) is 16.6. The summed E-state index contributed by atoms with van der Waals surface area (Å²) in [5, 5.41) is 15.9. The molecule has 0 aromatic carbocycles. The number of aliphatic hydroxyl groups is 1. The van der Waals surface area contributed by atoms with Crippen LogP contribution in [0.3, 0.4) is 0 Å². The molecule has 4 heterocycles. The number of carbonyl (C=O) groups is 6. The van der Waals surface area contributed by atoms with Crippen LogP contribution in [0, 0.1) is 23.7 Å². The van der Waals surface area contributed by atoms with Gasteiger partial charge in [-0.15, -0.1) is 0 Å². The topological polar surface area (TPSA) is 181 Å². The third kappa shape index (κ3) is 8.61. The van der Waals surface area contributed by atoms with Gasteiger partial charge in [-0.1, -0.05) is 64.4 Å². The number of cyclic esters (lactones) is 1. The molecular weight excluding hydrogens is 714 g/mol. The first-order chi connectivity index (χ1) is 23.5. The Morgan fingerprint density at radius 3 is 2.10 bits per heavy atom. The molecule has 5 amide bonds. The van der Waals surface area contributed by atoms with E-state index in [1.165, 1.54) is 26.9 Å². The molecule has 0 aromatic rings. The van der Waals surface area contributed by atoms with E-state index in [0.717, 1.165) is 0 Å². The molecule has 15 nitrogen and oxygen atoms in total. The minimum atomic E-state index is -1.29. The van der Waals surface area contributed by atoms with Crippen molar-refractivity contribution in [1.82, 2.24) is 36.0 Å². The number of hydrazine groups is 2. The zero-order valence-corrected chi connectivity index (χ0v) is 32.1. The van der Waals surface area contributed by atoms with E-state index < -0.39 is 89.8 Å². The lowest BCUT2D eigenvalue weighted by Gasteiger charge is -2.45. The molecule has 4 saturated heterocycles. The van der Waals surface area contributed by atoms with Crippen LogP contribution in [0.2, 0.25) is 0 Å². The fourth-order valence-electron chi connectivity index (χ4n) is 7.24. The Hall–Kier alpha value is -2.82. The molecule has 0 aliphatic carbocycles. The molecule has 4 fully saturated rings.